The fourth-order valence-electron chi connectivity index (χ4n) is 0.985. The fourth-order valence-corrected chi connectivity index (χ4v) is 0.985. The Morgan fingerprint density at radius 3 is 2.69 bits per heavy atom. The Morgan fingerprint density at radius 2 is 2.38 bits per heavy atom. The number of halogens is 1. The van der Waals surface area contributed by atoms with Crippen molar-refractivity contribution < 1.29 is 18.7 Å². The molecule has 1 fully saturated rings. The molecule has 1 aliphatic rings. The molecule has 13 heavy (non-hydrogen) atoms. The number of ether oxygens (including phenoxy) is 2. The monoisotopic (exact) mass is 188 g/mol. The maximum atomic E-state index is 12.6. The van der Waals surface area contributed by atoms with E-state index in [1.54, 1.807) is 13.8 Å². The Labute approximate surface area is 76.5 Å². The van der Waals surface area contributed by atoms with Gasteiger partial charge in [0.1, 0.15) is 6.10 Å². The molecule has 0 aromatic rings. The summed E-state index contributed by atoms with van der Waals surface area (Å²) in [6.45, 7) is 6.95. The van der Waals surface area contributed by atoms with Gasteiger partial charge in [-0.05, 0) is 13.8 Å². The lowest BCUT2D eigenvalue weighted by Gasteiger charge is -2.34. The van der Waals surface area contributed by atoms with Crippen LogP contribution < -0.4 is 0 Å². The number of hydrogen-bond acceptors (Lipinski definition) is 3. The van der Waals surface area contributed by atoms with Crippen molar-refractivity contribution in [2.45, 2.75) is 26.3 Å². The lowest BCUT2D eigenvalue weighted by molar-refractivity contribution is -0.221. The van der Waals surface area contributed by atoms with Crippen molar-refractivity contribution in [1.29, 1.82) is 0 Å². The highest BCUT2D eigenvalue weighted by molar-refractivity contribution is 5.87. The van der Waals surface area contributed by atoms with Crippen LogP contribution in [0.15, 0.2) is 12.2 Å². The average molecular weight is 188 g/mol. The van der Waals surface area contributed by atoms with E-state index in [9.17, 15) is 9.18 Å². The molecule has 3 atom stereocenters. The van der Waals surface area contributed by atoms with Gasteiger partial charge in [-0.25, -0.2) is 9.18 Å². The van der Waals surface area contributed by atoms with Gasteiger partial charge < -0.3 is 9.47 Å². The minimum atomic E-state index is -1.30. The standard InChI is InChI=1S/C9H13FO3/c1-5(2)9(11)13-6(3)7-4-12-8(7)10/h6-8H,1,4H2,2-3H3. The van der Waals surface area contributed by atoms with Crippen molar-refractivity contribution >= 4 is 5.97 Å². The lowest BCUT2D eigenvalue weighted by Crippen LogP contribution is -2.44. The smallest absolute Gasteiger partial charge is 0.333 e. The van der Waals surface area contributed by atoms with Crippen LogP contribution in [0.5, 0.6) is 0 Å². The molecule has 0 saturated carbocycles. The van der Waals surface area contributed by atoms with Gasteiger partial charge in [0.2, 0.25) is 6.36 Å². The van der Waals surface area contributed by atoms with Crippen LogP contribution in [-0.4, -0.2) is 25.0 Å². The molecule has 0 N–H and O–H groups in total. The van der Waals surface area contributed by atoms with E-state index < -0.39 is 18.4 Å². The van der Waals surface area contributed by atoms with Crippen LogP contribution in [0.3, 0.4) is 0 Å². The van der Waals surface area contributed by atoms with E-state index in [0.717, 1.165) is 0 Å². The molecular formula is C9H13FO3. The van der Waals surface area contributed by atoms with E-state index in [2.05, 4.69) is 11.3 Å². The Hall–Kier alpha value is -0.900. The van der Waals surface area contributed by atoms with Crippen molar-refractivity contribution in [2.75, 3.05) is 6.61 Å². The molecule has 0 aromatic carbocycles. The quantitative estimate of drug-likeness (QED) is 0.496. The van der Waals surface area contributed by atoms with Gasteiger partial charge >= 0.3 is 5.97 Å². The van der Waals surface area contributed by atoms with E-state index in [4.69, 9.17) is 4.74 Å². The number of carbonyl (C=O) groups excluding carboxylic acids is 1. The van der Waals surface area contributed by atoms with Crippen LogP contribution >= 0.6 is 0 Å². The van der Waals surface area contributed by atoms with E-state index in [1.165, 1.54) is 0 Å². The van der Waals surface area contributed by atoms with Crippen molar-refractivity contribution in [3.63, 3.8) is 0 Å². The van der Waals surface area contributed by atoms with Gasteiger partial charge in [-0.1, -0.05) is 6.58 Å². The van der Waals surface area contributed by atoms with Crippen LogP contribution in [0, 0.1) is 5.92 Å². The number of hydrogen-bond donors (Lipinski definition) is 0. The Morgan fingerprint density at radius 1 is 1.77 bits per heavy atom. The van der Waals surface area contributed by atoms with Gasteiger partial charge in [0, 0.05) is 5.57 Å². The van der Waals surface area contributed by atoms with E-state index in [0.29, 0.717) is 12.2 Å². The van der Waals surface area contributed by atoms with E-state index >= 15 is 0 Å². The Bertz CT molecular complexity index is 227. The maximum absolute atomic E-state index is 12.6. The van der Waals surface area contributed by atoms with Crippen LogP contribution in [0.2, 0.25) is 0 Å². The predicted molar refractivity (Wildman–Crippen MR) is 44.7 cm³/mol. The van der Waals surface area contributed by atoms with Crippen LogP contribution in [0.1, 0.15) is 13.8 Å². The highest BCUT2D eigenvalue weighted by Gasteiger charge is 2.38. The zero-order chi connectivity index (χ0) is 10.0. The molecule has 1 heterocycles. The maximum Gasteiger partial charge on any atom is 0.333 e. The molecule has 0 aromatic heterocycles. The van der Waals surface area contributed by atoms with Crippen molar-refractivity contribution in [2.24, 2.45) is 5.92 Å². The first-order valence-corrected chi connectivity index (χ1v) is 4.14. The summed E-state index contributed by atoms with van der Waals surface area (Å²) in [6, 6.07) is 0. The molecule has 0 spiro atoms. The van der Waals surface area contributed by atoms with E-state index in [1.807, 2.05) is 0 Å². The highest BCUT2D eigenvalue weighted by Crippen LogP contribution is 2.26. The van der Waals surface area contributed by atoms with Crippen LogP contribution in [0.25, 0.3) is 0 Å². The molecule has 0 radical (unpaired) electrons. The summed E-state index contributed by atoms with van der Waals surface area (Å²) in [5.41, 5.74) is 0.322. The topological polar surface area (TPSA) is 35.5 Å². The molecule has 0 bridgehead atoms. The molecule has 1 aliphatic heterocycles. The van der Waals surface area contributed by atoms with Gasteiger partial charge in [-0.3, -0.25) is 0 Å². The molecule has 1 saturated heterocycles. The summed E-state index contributed by atoms with van der Waals surface area (Å²) >= 11 is 0. The molecule has 1 rings (SSSR count). The summed E-state index contributed by atoms with van der Waals surface area (Å²) in [5, 5.41) is 0. The number of carbonyl (C=O) groups is 1. The largest absolute Gasteiger partial charge is 0.459 e. The third-order valence-electron chi connectivity index (χ3n) is 2.03. The number of esters is 1. The summed E-state index contributed by atoms with van der Waals surface area (Å²) in [4.78, 5) is 11.0. The van der Waals surface area contributed by atoms with Gasteiger partial charge in [-0.2, -0.15) is 0 Å². The first-order chi connectivity index (χ1) is 6.02. The van der Waals surface area contributed by atoms with Crippen LogP contribution in [0.4, 0.5) is 4.39 Å². The molecule has 74 valence electrons. The van der Waals surface area contributed by atoms with Crippen molar-refractivity contribution in [1.82, 2.24) is 0 Å². The summed E-state index contributed by atoms with van der Waals surface area (Å²) in [5.74, 6) is -0.810. The van der Waals surface area contributed by atoms with Crippen molar-refractivity contribution in [3.8, 4) is 0 Å². The Kier molecular flexibility index (Phi) is 3.03. The van der Waals surface area contributed by atoms with Gasteiger partial charge in [0.25, 0.3) is 0 Å². The molecule has 3 nitrogen and oxygen atoms in total. The predicted octanol–water partition coefficient (Wildman–Crippen LogP) is 1.44. The fraction of sp³-hybridized carbons (Fsp3) is 0.667. The Balaban J connectivity index is 2.36. The summed E-state index contributed by atoms with van der Waals surface area (Å²) in [6.07, 6.45) is -1.75. The average Bonchev–Trinajstić information content (AvgIpc) is 2.01. The number of rotatable bonds is 3. The third-order valence-corrected chi connectivity index (χ3v) is 2.03. The highest BCUT2D eigenvalue weighted by atomic mass is 19.1. The summed E-state index contributed by atoms with van der Waals surface area (Å²) in [7, 11) is 0. The van der Waals surface area contributed by atoms with E-state index in [-0.39, 0.29) is 5.92 Å². The first kappa shape index (κ1) is 10.2. The normalized spacial score (nSPS) is 28.8. The minimum absolute atomic E-state index is 0.311. The van der Waals surface area contributed by atoms with Gasteiger partial charge in [-0.15, -0.1) is 0 Å². The van der Waals surface area contributed by atoms with Gasteiger partial charge in [0.15, 0.2) is 0 Å². The van der Waals surface area contributed by atoms with Crippen LogP contribution in [-0.2, 0) is 14.3 Å². The third kappa shape index (κ3) is 2.28. The van der Waals surface area contributed by atoms with Crippen molar-refractivity contribution in [3.05, 3.63) is 12.2 Å². The SMILES string of the molecule is C=C(C)C(=O)OC(C)C1COC1F. The second-order valence-corrected chi connectivity index (χ2v) is 3.24. The van der Waals surface area contributed by atoms with Gasteiger partial charge in [0.05, 0.1) is 12.5 Å². The first-order valence-electron chi connectivity index (χ1n) is 4.14. The molecule has 0 aliphatic carbocycles. The molecule has 0 amide bonds. The zero-order valence-corrected chi connectivity index (χ0v) is 7.75. The molecular weight excluding hydrogens is 175 g/mol. The number of alkyl halides is 1. The summed E-state index contributed by atoms with van der Waals surface area (Å²) < 4.78 is 22.1. The second kappa shape index (κ2) is 3.87. The second-order valence-electron chi connectivity index (χ2n) is 3.24. The zero-order valence-electron chi connectivity index (χ0n) is 7.75. The molecule has 4 heteroatoms. The lowest BCUT2D eigenvalue weighted by atomic mass is 10.0. The minimum Gasteiger partial charge on any atom is -0.459 e. The molecule has 3 unspecified atom stereocenters.